The second-order valence-electron chi connectivity index (χ2n) is 12.8. The Morgan fingerprint density at radius 1 is 0.282 bits per heavy atom. The summed E-state index contributed by atoms with van der Waals surface area (Å²) in [5.41, 5.74) is 0. The molecule has 0 aliphatic heterocycles. The van der Waals surface area contributed by atoms with Gasteiger partial charge in [-0.1, -0.05) is 206 Å². The van der Waals surface area contributed by atoms with Crippen molar-refractivity contribution in [2.45, 2.75) is 219 Å². The van der Waals surface area contributed by atoms with Crippen LogP contribution in [0.1, 0.15) is 219 Å². The third-order valence-electron chi connectivity index (χ3n) is 8.82. The van der Waals surface area contributed by atoms with Gasteiger partial charge in [-0.2, -0.15) is 0 Å². The molecule has 0 atom stereocenters. The van der Waals surface area contributed by atoms with Crippen LogP contribution in [-0.4, -0.2) is 24.0 Å². The van der Waals surface area contributed by atoms with Crippen molar-refractivity contribution in [3.8, 4) is 0 Å². The lowest BCUT2D eigenvalue weighted by molar-refractivity contribution is 0.299. The number of hydrogen-bond donors (Lipinski definition) is 0. The number of hydrogen-bond acceptors (Lipinski definition) is 1. The van der Waals surface area contributed by atoms with E-state index in [1.165, 1.54) is 219 Å². The van der Waals surface area contributed by atoms with Gasteiger partial charge >= 0.3 is 0 Å². The van der Waals surface area contributed by atoms with Gasteiger partial charge in [0.1, 0.15) is 0 Å². The predicted octanol–water partition coefficient (Wildman–Crippen LogP) is 14.0. The van der Waals surface area contributed by atoms with Crippen LogP contribution in [0.25, 0.3) is 0 Å². The van der Waals surface area contributed by atoms with Crippen LogP contribution in [0.4, 0.5) is 0 Å². The largest absolute Gasteiger partial charge is 0.290 e. The van der Waals surface area contributed by atoms with E-state index < -0.39 is 0 Å². The molecule has 39 heavy (non-hydrogen) atoms. The second-order valence-corrected chi connectivity index (χ2v) is 13.1. The Bertz CT molecular complexity index is 412. The normalized spacial score (nSPS) is 11.7. The van der Waals surface area contributed by atoms with Crippen LogP contribution in [0.5, 0.6) is 0 Å². The zero-order valence-electron chi connectivity index (χ0n) is 27.6. The molecule has 0 radical (unpaired) electrons. The highest BCUT2D eigenvalue weighted by Gasteiger charge is 2.03. The van der Waals surface area contributed by atoms with E-state index in [2.05, 4.69) is 18.7 Å². The standard InChI is InChI=1S/C37H76ClN/c1-3-5-7-9-11-13-15-16-17-18-19-20-21-22-23-24-25-26-28-30-32-34-36-39(37-38)35-33-31-29-27-14-12-10-8-6-4-2/h3-37H2,1-2H3. The molecular formula is C37H76ClN. The molecule has 0 saturated heterocycles. The molecule has 0 aromatic carbocycles. The Balaban J connectivity index is 3.21. The zero-order valence-corrected chi connectivity index (χ0v) is 28.3. The molecule has 1 nitrogen and oxygen atoms in total. The van der Waals surface area contributed by atoms with Crippen LogP contribution >= 0.6 is 11.6 Å². The van der Waals surface area contributed by atoms with E-state index in [1.54, 1.807) is 0 Å². The molecule has 0 aromatic heterocycles. The topological polar surface area (TPSA) is 3.24 Å². The van der Waals surface area contributed by atoms with Gasteiger partial charge in [-0.3, -0.25) is 4.90 Å². The van der Waals surface area contributed by atoms with Crippen molar-refractivity contribution in [3.63, 3.8) is 0 Å². The van der Waals surface area contributed by atoms with Gasteiger partial charge in [0.25, 0.3) is 0 Å². The molecular weight excluding hydrogens is 494 g/mol. The Morgan fingerprint density at radius 2 is 0.462 bits per heavy atom. The summed E-state index contributed by atoms with van der Waals surface area (Å²) in [5, 5.41) is 0. The predicted molar refractivity (Wildman–Crippen MR) is 181 cm³/mol. The lowest BCUT2D eigenvalue weighted by atomic mass is 10.0. The highest BCUT2D eigenvalue weighted by molar-refractivity contribution is 6.17. The monoisotopic (exact) mass is 570 g/mol. The average Bonchev–Trinajstić information content (AvgIpc) is 2.95. The molecule has 2 heteroatoms. The minimum absolute atomic E-state index is 0.719. The summed E-state index contributed by atoms with van der Waals surface area (Å²) in [7, 11) is 0. The first-order chi connectivity index (χ1) is 19.3. The van der Waals surface area contributed by atoms with Crippen molar-refractivity contribution >= 4 is 11.6 Å². The minimum Gasteiger partial charge on any atom is -0.290 e. The summed E-state index contributed by atoms with van der Waals surface area (Å²) in [5.74, 6) is 0. The van der Waals surface area contributed by atoms with Crippen LogP contribution in [0.3, 0.4) is 0 Å². The number of rotatable bonds is 35. The van der Waals surface area contributed by atoms with E-state index in [4.69, 9.17) is 11.6 Å². The quantitative estimate of drug-likeness (QED) is 0.0416. The molecule has 0 rings (SSSR count). The number of halogens is 1. The number of alkyl halides is 1. The van der Waals surface area contributed by atoms with Crippen molar-refractivity contribution in [3.05, 3.63) is 0 Å². The van der Waals surface area contributed by atoms with Gasteiger partial charge in [0, 0.05) is 0 Å². The third-order valence-corrected chi connectivity index (χ3v) is 9.16. The fourth-order valence-corrected chi connectivity index (χ4v) is 6.24. The number of unbranched alkanes of at least 4 members (excludes halogenated alkanes) is 30. The minimum atomic E-state index is 0.719. The fraction of sp³-hybridized carbons (Fsp3) is 1.00. The van der Waals surface area contributed by atoms with Crippen LogP contribution in [0.2, 0.25) is 0 Å². The van der Waals surface area contributed by atoms with Crippen molar-refractivity contribution in [2.75, 3.05) is 19.1 Å². The molecule has 0 aliphatic carbocycles. The van der Waals surface area contributed by atoms with Gasteiger partial charge in [0.05, 0.1) is 6.00 Å². The van der Waals surface area contributed by atoms with Crippen molar-refractivity contribution in [2.24, 2.45) is 0 Å². The van der Waals surface area contributed by atoms with Crippen LogP contribution in [0.15, 0.2) is 0 Å². The molecule has 0 N–H and O–H groups in total. The summed E-state index contributed by atoms with van der Waals surface area (Å²) in [6.07, 6.45) is 46.2. The average molecular weight is 570 g/mol. The second kappa shape index (κ2) is 36.3. The maximum absolute atomic E-state index is 6.21. The smallest absolute Gasteiger partial charge is 0.0738 e. The zero-order chi connectivity index (χ0) is 28.3. The van der Waals surface area contributed by atoms with E-state index in [-0.39, 0.29) is 0 Å². The van der Waals surface area contributed by atoms with Gasteiger partial charge in [0.2, 0.25) is 0 Å². The van der Waals surface area contributed by atoms with Gasteiger partial charge < -0.3 is 0 Å². The summed E-state index contributed by atoms with van der Waals surface area (Å²) in [4.78, 5) is 2.47. The first-order valence-corrected chi connectivity index (χ1v) is 19.2. The Kier molecular flexibility index (Phi) is 36.5. The first-order valence-electron chi connectivity index (χ1n) is 18.6. The van der Waals surface area contributed by atoms with Crippen molar-refractivity contribution < 1.29 is 0 Å². The van der Waals surface area contributed by atoms with Crippen molar-refractivity contribution in [1.82, 2.24) is 4.90 Å². The van der Waals surface area contributed by atoms with E-state index >= 15 is 0 Å². The molecule has 0 fully saturated rings. The molecule has 0 aliphatic rings. The van der Waals surface area contributed by atoms with Crippen molar-refractivity contribution in [1.29, 1.82) is 0 Å². The summed E-state index contributed by atoms with van der Waals surface area (Å²) in [6.45, 7) is 7.02. The van der Waals surface area contributed by atoms with Crippen LogP contribution in [-0.2, 0) is 0 Å². The van der Waals surface area contributed by atoms with Gasteiger partial charge in [0.15, 0.2) is 0 Å². The third kappa shape index (κ3) is 34.4. The number of nitrogens with zero attached hydrogens (tertiary/aromatic N) is 1. The SMILES string of the molecule is CCCCCCCCCCCCCCCCCCCCCCCCN(CCl)CCCCCCCCCCCC. The molecule has 0 spiro atoms. The summed E-state index contributed by atoms with van der Waals surface area (Å²) >= 11 is 6.21. The van der Waals surface area contributed by atoms with Gasteiger partial charge in [-0.25, -0.2) is 0 Å². The van der Waals surface area contributed by atoms with E-state index in [0.29, 0.717) is 0 Å². The highest BCUT2D eigenvalue weighted by Crippen LogP contribution is 2.16. The van der Waals surface area contributed by atoms with Gasteiger partial charge in [-0.15, -0.1) is 11.6 Å². The first kappa shape index (κ1) is 39.2. The van der Waals surface area contributed by atoms with Crippen LogP contribution < -0.4 is 0 Å². The fourth-order valence-electron chi connectivity index (χ4n) is 6.00. The molecule has 0 amide bonds. The Hall–Kier alpha value is 0.250. The summed E-state index contributed by atoms with van der Waals surface area (Å²) in [6, 6.07) is 0.719. The molecule has 0 aromatic rings. The Labute approximate surface area is 254 Å². The maximum atomic E-state index is 6.21. The molecule has 236 valence electrons. The van der Waals surface area contributed by atoms with E-state index in [1.807, 2.05) is 0 Å². The van der Waals surface area contributed by atoms with E-state index in [0.717, 1.165) is 6.00 Å². The highest BCUT2D eigenvalue weighted by atomic mass is 35.5. The lowest BCUT2D eigenvalue weighted by Crippen LogP contribution is -2.24. The summed E-state index contributed by atoms with van der Waals surface area (Å²) < 4.78 is 0. The maximum Gasteiger partial charge on any atom is 0.0738 e. The Morgan fingerprint density at radius 3 is 0.641 bits per heavy atom. The van der Waals surface area contributed by atoms with Gasteiger partial charge in [-0.05, 0) is 25.9 Å². The molecule has 0 heterocycles. The van der Waals surface area contributed by atoms with E-state index in [9.17, 15) is 0 Å². The molecule has 0 bridgehead atoms. The lowest BCUT2D eigenvalue weighted by Gasteiger charge is -2.19. The van der Waals surface area contributed by atoms with Crippen LogP contribution in [0, 0.1) is 0 Å². The molecule has 0 unspecified atom stereocenters. The molecule has 0 saturated carbocycles.